The number of hydrogen-bond donors (Lipinski definition) is 2. The van der Waals surface area contributed by atoms with Gasteiger partial charge in [0.05, 0.1) is 5.25 Å². The van der Waals surface area contributed by atoms with Crippen molar-refractivity contribution in [3.8, 4) is 0 Å². The zero-order chi connectivity index (χ0) is 16.3. The van der Waals surface area contributed by atoms with Crippen LogP contribution in [-0.4, -0.2) is 21.1 Å². The first-order valence-corrected chi connectivity index (χ1v) is 7.24. The van der Waals surface area contributed by atoms with Crippen molar-refractivity contribution in [3.05, 3.63) is 51.9 Å². The number of H-pyrrole nitrogens is 1. The predicted molar refractivity (Wildman–Crippen MR) is 79.9 cm³/mol. The topological polar surface area (TPSA) is 74.8 Å². The first-order valence-electron chi connectivity index (χ1n) is 6.36. The van der Waals surface area contributed by atoms with Gasteiger partial charge in [-0.1, -0.05) is 17.8 Å². The Morgan fingerprint density at radius 1 is 1.36 bits per heavy atom. The Kier molecular flexibility index (Phi) is 4.92. The number of para-hydroxylation sites is 1. The van der Waals surface area contributed by atoms with Gasteiger partial charge in [-0.15, -0.1) is 0 Å². The van der Waals surface area contributed by atoms with Crippen LogP contribution >= 0.6 is 11.8 Å². The molecule has 1 aromatic heterocycles. The van der Waals surface area contributed by atoms with Crippen LogP contribution in [0.1, 0.15) is 12.6 Å². The summed E-state index contributed by atoms with van der Waals surface area (Å²) in [6, 6.07) is 4.63. The Balaban J connectivity index is 2.11. The molecule has 2 N–H and O–H groups in total. The third-order valence-electron chi connectivity index (χ3n) is 2.72. The summed E-state index contributed by atoms with van der Waals surface area (Å²) in [6.45, 7) is 3.19. The molecule has 0 radical (unpaired) electrons. The smallest absolute Gasteiger partial charge is 0.251 e. The second kappa shape index (κ2) is 6.69. The van der Waals surface area contributed by atoms with E-state index in [1.165, 1.54) is 12.1 Å². The van der Waals surface area contributed by atoms with Gasteiger partial charge in [-0.05, 0) is 26.0 Å². The maximum absolute atomic E-state index is 13.5. The SMILES string of the molecule is Cc1cc(=O)[nH]c(SC(C)C(=O)Nc2c(F)cccc2F)n1. The predicted octanol–water partition coefficient (Wildman–Crippen LogP) is 2.48. The van der Waals surface area contributed by atoms with E-state index in [1.54, 1.807) is 13.8 Å². The maximum Gasteiger partial charge on any atom is 0.251 e. The zero-order valence-electron chi connectivity index (χ0n) is 11.8. The largest absolute Gasteiger partial charge is 0.320 e. The second-order valence-electron chi connectivity index (χ2n) is 4.54. The normalized spacial score (nSPS) is 12.0. The van der Waals surface area contributed by atoms with Crippen LogP contribution in [0.25, 0.3) is 0 Å². The molecular formula is C14H13F2N3O2S. The molecular weight excluding hydrogens is 312 g/mol. The summed E-state index contributed by atoms with van der Waals surface area (Å²) in [4.78, 5) is 29.9. The molecule has 2 rings (SSSR count). The van der Waals surface area contributed by atoms with Crippen LogP contribution in [0, 0.1) is 18.6 Å². The molecule has 0 aliphatic heterocycles. The second-order valence-corrected chi connectivity index (χ2v) is 5.87. The number of carbonyl (C=O) groups is 1. The lowest BCUT2D eigenvalue weighted by Gasteiger charge is -2.12. The fourth-order valence-electron chi connectivity index (χ4n) is 1.67. The van der Waals surface area contributed by atoms with Crippen LogP contribution in [0.15, 0.2) is 34.2 Å². The van der Waals surface area contributed by atoms with Gasteiger partial charge in [-0.25, -0.2) is 13.8 Å². The minimum atomic E-state index is -0.854. The Labute approximate surface area is 129 Å². The number of hydrogen-bond acceptors (Lipinski definition) is 4. The van der Waals surface area contributed by atoms with Crippen molar-refractivity contribution in [2.24, 2.45) is 0 Å². The molecule has 22 heavy (non-hydrogen) atoms. The van der Waals surface area contributed by atoms with Crippen LogP contribution in [0.2, 0.25) is 0 Å². The van der Waals surface area contributed by atoms with Crippen LogP contribution in [-0.2, 0) is 4.79 Å². The molecule has 0 saturated carbocycles. The summed E-state index contributed by atoms with van der Waals surface area (Å²) >= 11 is 0.987. The minimum absolute atomic E-state index is 0.265. The van der Waals surface area contributed by atoms with Crippen LogP contribution in [0.4, 0.5) is 14.5 Å². The van der Waals surface area contributed by atoms with Gasteiger partial charge >= 0.3 is 0 Å². The number of rotatable bonds is 4. The lowest BCUT2D eigenvalue weighted by atomic mass is 10.3. The number of aryl methyl sites for hydroxylation is 1. The number of thioether (sulfide) groups is 1. The molecule has 1 amide bonds. The first kappa shape index (κ1) is 16.2. The molecule has 5 nitrogen and oxygen atoms in total. The van der Waals surface area contributed by atoms with Crippen molar-refractivity contribution in [1.29, 1.82) is 0 Å². The zero-order valence-corrected chi connectivity index (χ0v) is 12.6. The molecule has 0 spiro atoms. The molecule has 1 atom stereocenters. The van der Waals surface area contributed by atoms with Crippen molar-refractivity contribution < 1.29 is 13.6 Å². The molecule has 0 bridgehead atoms. The quantitative estimate of drug-likeness (QED) is 0.669. The van der Waals surface area contributed by atoms with E-state index in [9.17, 15) is 18.4 Å². The summed E-state index contributed by atoms with van der Waals surface area (Å²) in [5.74, 6) is -2.31. The molecule has 1 heterocycles. The van der Waals surface area contributed by atoms with Gasteiger partial charge in [0.2, 0.25) is 5.91 Å². The molecule has 0 aliphatic carbocycles. The standard InChI is InChI=1S/C14H13F2N3O2S/c1-7-6-11(20)18-14(17-7)22-8(2)13(21)19-12-9(15)4-3-5-10(12)16/h3-6,8H,1-2H3,(H,19,21)(H,17,18,20). The van der Waals surface area contributed by atoms with Gasteiger partial charge in [0.15, 0.2) is 5.16 Å². The highest BCUT2D eigenvalue weighted by molar-refractivity contribution is 8.00. The van der Waals surface area contributed by atoms with Crippen molar-refractivity contribution in [2.75, 3.05) is 5.32 Å². The minimum Gasteiger partial charge on any atom is -0.320 e. The molecule has 0 aliphatic rings. The Morgan fingerprint density at radius 3 is 2.59 bits per heavy atom. The highest BCUT2D eigenvalue weighted by atomic mass is 32.2. The molecule has 0 fully saturated rings. The Morgan fingerprint density at radius 2 is 2.00 bits per heavy atom. The van der Waals surface area contributed by atoms with Crippen molar-refractivity contribution in [2.45, 2.75) is 24.3 Å². The number of anilines is 1. The highest BCUT2D eigenvalue weighted by Gasteiger charge is 2.19. The van der Waals surface area contributed by atoms with E-state index < -0.39 is 28.5 Å². The third-order valence-corrected chi connectivity index (χ3v) is 3.70. The third kappa shape index (κ3) is 3.91. The summed E-state index contributed by atoms with van der Waals surface area (Å²) < 4.78 is 27.0. The van der Waals surface area contributed by atoms with E-state index in [-0.39, 0.29) is 10.7 Å². The average molecular weight is 325 g/mol. The van der Waals surface area contributed by atoms with Gasteiger partial charge in [-0.3, -0.25) is 9.59 Å². The number of halogens is 2. The summed E-state index contributed by atoms with van der Waals surface area (Å²) in [5, 5.41) is 1.76. The molecule has 1 unspecified atom stereocenters. The van der Waals surface area contributed by atoms with Crippen molar-refractivity contribution in [1.82, 2.24) is 9.97 Å². The van der Waals surface area contributed by atoms with Crippen molar-refractivity contribution in [3.63, 3.8) is 0 Å². The number of amides is 1. The number of benzene rings is 1. The summed E-state index contributed by atoms with van der Waals surface area (Å²) in [7, 11) is 0. The maximum atomic E-state index is 13.5. The van der Waals surface area contributed by atoms with Crippen LogP contribution in [0.5, 0.6) is 0 Å². The van der Waals surface area contributed by atoms with E-state index in [0.29, 0.717) is 5.69 Å². The van der Waals surface area contributed by atoms with E-state index in [0.717, 1.165) is 23.9 Å². The molecule has 2 aromatic rings. The Bertz CT molecular complexity index is 744. The Hall–Kier alpha value is -2.22. The average Bonchev–Trinajstić information content (AvgIpc) is 2.41. The molecule has 8 heteroatoms. The van der Waals surface area contributed by atoms with Crippen molar-refractivity contribution >= 4 is 23.4 Å². The number of nitrogens with one attached hydrogen (secondary N) is 2. The number of nitrogens with zero attached hydrogens (tertiary/aromatic N) is 1. The van der Waals surface area contributed by atoms with Gasteiger partial charge in [-0.2, -0.15) is 0 Å². The summed E-state index contributed by atoms with van der Waals surface area (Å²) in [5.41, 5.74) is -0.313. The van der Waals surface area contributed by atoms with E-state index in [2.05, 4.69) is 15.3 Å². The first-order chi connectivity index (χ1) is 10.4. The van der Waals surface area contributed by atoms with Crippen LogP contribution in [0.3, 0.4) is 0 Å². The number of carbonyl (C=O) groups excluding carboxylic acids is 1. The van der Waals surface area contributed by atoms with Gasteiger partial charge < -0.3 is 10.3 Å². The number of aromatic amines is 1. The summed E-state index contributed by atoms with van der Waals surface area (Å²) in [6.07, 6.45) is 0. The van der Waals surface area contributed by atoms with E-state index in [1.807, 2.05) is 0 Å². The van der Waals surface area contributed by atoms with E-state index >= 15 is 0 Å². The van der Waals surface area contributed by atoms with Crippen LogP contribution < -0.4 is 10.9 Å². The lowest BCUT2D eigenvalue weighted by Crippen LogP contribution is -2.24. The lowest BCUT2D eigenvalue weighted by molar-refractivity contribution is -0.115. The fourth-order valence-corrected chi connectivity index (χ4v) is 2.53. The molecule has 116 valence electrons. The van der Waals surface area contributed by atoms with Gasteiger partial charge in [0, 0.05) is 11.8 Å². The fraction of sp³-hybridized carbons (Fsp3) is 0.214. The molecule has 1 aromatic carbocycles. The van der Waals surface area contributed by atoms with E-state index in [4.69, 9.17) is 0 Å². The molecule has 0 saturated heterocycles. The van der Waals surface area contributed by atoms with Gasteiger partial charge in [0.1, 0.15) is 17.3 Å². The number of aromatic nitrogens is 2. The van der Waals surface area contributed by atoms with Gasteiger partial charge in [0.25, 0.3) is 5.56 Å². The monoisotopic (exact) mass is 325 g/mol. The highest BCUT2D eigenvalue weighted by Crippen LogP contribution is 2.22.